The SMILES string of the molecule is NC(=O)[C@@H]1CN(C(=O)c2ccccn2)C[C@H]1COc1ccccc1. The van der Waals surface area contributed by atoms with Crippen LogP contribution in [0.2, 0.25) is 0 Å². The van der Waals surface area contributed by atoms with Gasteiger partial charge in [0.15, 0.2) is 0 Å². The van der Waals surface area contributed by atoms with E-state index in [0.717, 1.165) is 5.75 Å². The predicted octanol–water partition coefficient (Wildman–Crippen LogP) is 1.33. The van der Waals surface area contributed by atoms with Crippen LogP contribution in [0.25, 0.3) is 0 Å². The molecule has 0 unspecified atom stereocenters. The first-order valence-corrected chi connectivity index (χ1v) is 7.82. The molecule has 1 aliphatic rings. The summed E-state index contributed by atoms with van der Waals surface area (Å²) in [7, 11) is 0. The number of para-hydroxylation sites is 1. The number of likely N-dealkylation sites (tertiary alicyclic amines) is 1. The van der Waals surface area contributed by atoms with Crippen LogP contribution in [0, 0.1) is 11.8 Å². The Kier molecular flexibility index (Phi) is 4.74. The Morgan fingerprint density at radius 3 is 2.54 bits per heavy atom. The molecule has 2 aromatic rings. The number of hydrogen-bond acceptors (Lipinski definition) is 4. The van der Waals surface area contributed by atoms with E-state index in [0.29, 0.717) is 25.4 Å². The topological polar surface area (TPSA) is 85.5 Å². The Morgan fingerprint density at radius 1 is 1.12 bits per heavy atom. The van der Waals surface area contributed by atoms with Crippen LogP contribution in [-0.4, -0.2) is 41.4 Å². The Hall–Kier alpha value is -2.89. The largest absolute Gasteiger partial charge is 0.493 e. The van der Waals surface area contributed by atoms with E-state index in [2.05, 4.69) is 4.98 Å². The number of pyridine rings is 1. The molecule has 24 heavy (non-hydrogen) atoms. The molecule has 6 heteroatoms. The number of primary amides is 1. The molecule has 3 rings (SSSR count). The van der Waals surface area contributed by atoms with Gasteiger partial charge in [-0.2, -0.15) is 0 Å². The van der Waals surface area contributed by atoms with E-state index in [9.17, 15) is 9.59 Å². The normalized spacial score (nSPS) is 19.9. The average Bonchev–Trinajstić information content (AvgIpc) is 3.05. The molecule has 1 saturated heterocycles. The third-order valence-electron chi connectivity index (χ3n) is 4.18. The van der Waals surface area contributed by atoms with Gasteiger partial charge in [0.1, 0.15) is 11.4 Å². The Labute approximate surface area is 140 Å². The molecule has 6 nitrogen and oxygen atoms in total. The fourth-order valence-electron chi connectivity index (χ4n) is 2.90. The highest BCUT2D eigenvalue weighted by atomic mass is 16.5. The summed E-state index contributed by atoms with van der Waals surface area (Å²) < 4.78 is 5.74. The Morgan fingerprint density at radius 2 is 1.88 bits per heavy atom. The smallest absolute Gasteiger partial charge is 0.272 e. The van der Waals surface area contributed by atoms with Crippen LogP contribution in [0.5, 0.6) is 5.75 Å². The number of rotatable bonds is 5. The second kappa shape index (κ2) is 7.12. The quantitative estimate of drug-likeness (QED) is 0.899. The minimum absolute atomic E-state index is 0.129. The summed E-state index contributed by atoms with van der Waals surface area (Å²) in [5.74, 6) is -0.413. The van der Waals surface area contributed by atoms with E-state index in [1.807, 2.05) is 30.3 Å². The van der Waals surface area contributed by atoms with Crippen molar-refractivity contribution < 1.29 is 14.3 Å². The highest BCUT2D eigenvalue weighted by molar-refractivity contribution is 5.93. The first-order valence-electron chi connectivity index (χ1n) is 7.82. The maximum Gasteiger partial charge on any atom is 0.272 e. The molecule has 2 atom stereocenters. The van der Waals surface area contributed by atoms with Crippen LogP contribution in [0.15, 0.2) is 54.7 Å². The van der Waals surface area contributed by atoms with Gasteiger partial charge in [0.05, 0.1) is 12.5 Å². The number of hydrogen-bond donors (Lipinski definition) is 1. The number of carbonyl (C=O) groups excluding carboxylic acids is 2. The number of nitrogens with zero attached hydrogens (tertiary/aromatic N) is 2. The number of carbonyl (C=O) groups is 2. The van der Waals surface area contributed by atoms with E-state index >= 15 is 0 Å². The van der Waals surface area contributed by atoms with Crippen molar-refractivity contribution in [3.63, 3.8) is 0 Å². The maximum absolute atomic E-state index is 12.5. The van der Waals surface area contributed by atoms with Gasteiger partial charge < -0.3 is 15.4 Å². The number of amides is 2. The second-order valence-corrected chi connectivity index (χ2v) is 5.82. The molecule has 1 fully saturated rings. The summed E-state index contributed by atoms with van der Waals surface area (Å²) in [6, 6.07) is 14.5. The summed E-state index contributed by atoms with van der Waals surface area (Å²) in [6.07, 6.45) is 1.57. The summed E-state index contributed by atoms with van der Waals surface area (Å²) in [5.41, 5.74) is 5.88. The molecule has 0 radical (unpaired) electrons. The van der Waals surface area contributed by atoms with Gasteiger partial charge in [-0.25, -0.2) is 0 Å². The van der Waals surface area contributed by atoms with Gasteiger partial charge in [-0.15, -0.1) is 0 Å². The molecular weight excluding hydrogens is 306 g/mol. The fraction of sp³-hybridized carbons (Fsp3) is 0.278. The molecule has 124 valence electrons. The maximum atomic E-state index is 12.5. The average molecular weight is 325 g/mol. The van der Waals surface area contributed by atoms with Crippen molar-refractivity contribution in [1.82, 2.24) is 9.88 Å². The molecule has 1 aromatic heterocycles. The van der Waals surface area contributed by atoms with Crippen molar-refractivity contribution in [2.75, 3.05) is 19.7 Å². The zero-order chi connectivity index (χ0) is 16.9. The molecule has 0 aliphatic carbocycles. The summed E-state index contributed by atoms with van der Waals surface area (Å²) in [4.78, 5) is 29.9. The van der Waals surface area contributed by atoms with Crippen LogP contribution >= 0.6 is 0 Å². The highest BCUT2D eigenvalue weighted by Crippen LogP contribution is 2.25. The van der Waals surface area contributed by atoms with Crippen molar-refractivity contribution in [3.05, 3.63) is 60.4 Å². The zero-order valence-corrected chi connectivity index (χ0v) is 13.2. The van der Waals surface area contributed by atoms with E-state index < -0.39 is 11.8 Å². The highest BCUT2D eigenvalue weighted by Gasteiger charge is 2.39. The lowest BCUT2D eigenvalue weighted by Crippen LogP contribution is -2.33. The van der Waals surface area contributed by atoms with Crippen molar-refractivity contribution >= 4 is 11.8 Å². The van der Waals surface area contributed by atoms with Gasteiger partial charge in [0, 0.05) is 25.2 Å². The van der Waals surface area contributed by atoms with Crippen LogP contribution < -0.4 is 10.5 Å². The van der Waals surface area contributed by atoms with Gasteiger partial charge >= 0.3 is 0 Å². The van der Waals surface area contributed by atoms with E-state index in [1.165, 1.54) is 0 Å². The van der Waals surface area contributed by atoms with Crippen molar-refractivity contribution in [3.8, 4) is 5.75 Å². The van der Waals surface area contributed by atoms with Gasteiger partial charge in [0.25, 0.3) is 5.91 Å². The number of benzene rings is 1. The van der Waals surface area contributed by atoms with Crippen LogP contribution in [-0.2, 0) is 4.79 Å². The van der Waals surface area contributed by atoms with Gasteiger partial charge in [-0.1, -0.05) is 24.3 Å². The Balaban J connectivity index is 1.68. The molecule has 1 aromatic carbocycles. The molecule has 0 bridgehead atoms. The lowest BCUT2D eigenvalue weighted by atomic mass is 9.96. The Bertz CT molecular complexity index is 706. The number of nitrogens with two attached hydrogens (primary N) is 1. The van der Waals surface area contributed by atoms with Crippen LogP contribution in [0.3, 0.4) is 0 Å². The van der Waals surface area contributed by atoms with Gasteiger partial charge in [-0.05, 0) is 24.3 Å². The number of aromatic nitrogens is 1. The third kappa shape index (κ3) is 3.53. The third-order valence-corrected chi connectivity index (χ3v) is 4.18. The molecule has 2 amide bonds. The van der Waals surface area contributed by atoms with Crippen molar-refractivity contribution in [2.24, 2.45) is 17.6 Å². The first kappa shape index (κ1) is 16.0. The summed E-state index contributed by atoms with van der Waals surface area (Å²) >= 11 is 0. The second-order valence-electron chi connectivity index (χ2n) is 5.82. The fourth-order valence-corrected chi connectivity index (χ4v) is 2.90. The molecule has 0 saturated carbocycles. The first-order chi connectivity index (χ1) is 11.6. The lowest BCUT2D eigenvalue weighted by Gasteiger charge is -2.16. The van der Waals surface area contributed by atoms with Crippen molar-refractivity contribution in [2.45, 2.75) is 0 Å². The van der Waals surface area contributed by atoms with Crippen molar-refractivity contribution in [1.29, 1.82) is 0 Å². The number of ether oxygens (including phenoxy) is 1. The van der Waals surface area contributed by atoms with Gasteiger partial charge in [-0.3, -0.25) is 14.6 Å². The van der Waals surface area contributed by atoms with Crippen LogP contribution in [0.4, 0.5) is 0 Å². The molecule has 2 N–H and O–H groups in total. The molecule has 1 aliphatic heterocycles. The zero-order valence-electron chi connectivity index (χ0n) is 13.2. The van der Waals surface area contributed by atoms with E-state index in [-0.39, 0.29) is 11.8 Å². The van der Waals surface area contributed by atoms with Gasteiger partial charge in [0.2, 0.25) is 5.91 Å². The molecular formula is C18H19N3O3. The minimum Gasteiger partial charge on any atom is -0.493 e. The minimum atomic E-state index is -0.415. The van der Waals surface area contributed by atoms with E-state index in [1.54, 1.807) is 29.3 Å². The van der Waals surface area contributed by atoms with Crippen LogP contribution in [0.1, 0.15) is 10.5 Å². The molecule has 0 spiro atoms. The lowest BCUT2D eigenvalue weighted by molar-refractivity contribution is -0.122. The summed E-state index contributed by atoms with van der Waals surface area (Å²) in [6.45, 7) is 1.06. The monoisotopic (exact) mass is 325 g/mol. The molecule has 2 heterocycles. The van der Waals surface area contributed by atoms with E-state index in [4.69, 9.17) is 10.5 Å². The predicted molar refractivity (Wildman–Crippen MR) is 88.3 cm³/mol. The standard InChI is InChI=1S/C18H19N3O3/c19-17(22)15-11-21(18(23)16-8-4-5-9-20-16)10-13(15)12-24-14-6-2-1-3-7-14/h1-9,13,15H,10-12H2,(H2,19,22)/t13-,15+/m0/s1. The summed E-state index contributed by atoms with van der Waals surface area (Å²) in [5, 5.41) is 0.